The first kappa shape index (κ1) is 22.4. The van der Waals surface area contributed by atoms with Crippen LogP contribution >= 0.6 is 11.3 Å². The van der Waals surface area contributed by atoms with Crippen LogP contribution in [0.2, 0.25) is 0 Å². The minimum Gasteiger partial charge on any atom is -0.497 e. The third kappa shape index (κ3) is 4.70. The molecule has 0 atom stereocenters. The minimum absolute atomic E-state index is 0.00508. The van der Waals surface area contributed by atoms with Crippen LogP contribution in [0.1, 0.15) is 11.1 Å². The zero-order valence-electron chi connectivity index (χ0n) is 17.5. The molecule has 0 aliphatic rings. The number of hydrogen-bond donors (Lipinski definition) is 1. The number of benzene rings is 2. The van der Waals surface area contributed by atoms with Gasteiger partial charge in [0.25, 0.3) is 5.56 Å². The van der Waals surface area contributed by atoms with E-state index in [1.807, 2.05) is 0 Å². The molecular weight excluding hydrogens is 452 g/mol. The summed E-state index contributed by atoms with van der Waals surface area (Å²) in [6.45, 7) is -0.533. The molecule has 0 spiro atoms. The zero-order valence-corrected chi connectivity index (χ0v) is 18.3. The quantitative estimate of drug-likeness (QED) is 0.450. The lowest BCUT2D eigenvalue weighted by atomic mass is 10.2. The molecule has 0 aliphatic carbocycles. The Hall–Kier alpha value is -3.79. The molecule has 0 unspecified atom stereocenters. The molecule has 2 heterocycles. The first-order valence-electron chi connectivity index (χ1n) is 9.92. The molecule has 7 nitrogen and oxygen atoms in total. The molecule has 0 bridgehead atoms. The molecule has 0 fully saturated rings. The Balaban J connectivity index is 1.63. The fraction of sp³-hybridized carbons (Fsp3) is 0.174. The van der Waals surface area contributed by atoms with E-state index in [2.05, 4.69) is 5.32 Å². The van der Waals surface area contributed by atoms with Crippen molar-refractivity contribution >= 4 is 27.5 Å². The van der Waals surface area contributed by atoms with Crippen molar-refractivity contribution in [1.29, 1.82) is 0 Å². The van der Waals surface area contributed by atoms with Gasteiger partial charge in [-0.05, 0) is 35.2 Å². The van der Waals surface area contributed by atoms with Crippen molar-refractivity contribution in [2.45, 2.75) is 19.6 Å². The average Bonchev–Trinajstić information content (AvgIpc) is 3.29. The summed E-state index contributed by atoms with van der Waals surface area (Å²) in [4.78, 5) is 38.7. The standard InChI is InChI=1S/C23H19F2N3O4S/c1-32-17-4-2-3-14(9-17)12-28-22(30)21-19(7-8-33-21)27(23(28)31)13-20(29)26-11-15-5-6-16(24)10-18(15)25/h2-10H,11-13H2,1H3,(H,26,29). The molecule has 1 amide bonds. The SMILES string of the molecule is COc1cccc(Cn2c(=O)c3sccc3n(CC(=O)NCc3ccc(F)cc3F)c2=O)c1. The number of carbonyl (C=O) groups excluding carboxylic acids is 1. The van der Waals surface area contributed by atoms with Gasteiger partial charge in [0.15, 0.2) is 0 Å². The summed E-state index contributed by atoms with van der Waals surface area (Å²) < 4.78 is 34.7. The second kappa shape index (κ2) is 9.37. The number of ether oxygens (including phenoxy) is 1. The van der Waals surface area contributed by atoms with E-state index in [9.17, 15) is 23.2 Å². The van der Waals surface area contributed by atoms with E-state index in [1.54, 1.807) is 35.7 Å². The highest BCUT2D eigenvalue weighted by atomic mass is 32.1. The van der Waals surface area contributed by atoms with Crippen molar-refractivity contribution in [2.24, 2.45) is 0 Å². The van der Waals surface area contributed by atoms with E-state index in [1.165, 1.54) is 29.1 Å². The second-order valence-corrected chi connectivity index (χ2v) is 8.18. The number of nitrogens with zero attached hydrogens (tertiary/aromatic N) is 2. The predicted octanol–water partition coefficient (Wildman–Crippen LogP) is 2.88. The number of fused-ring (bicyclic) bond motifs is 1. The largest absolute Gasteiger partial charge is 0.497 e. The van der Waals surface area contributed by atoms with Crippen LogP contribution in [0.4, 0.5) is 8.78 Å². The molecule has 0 aliphatic heterocycles. The summed E-state index contributed by atoms with van der Waals surface area (Å²) in [6, 6.07) is 11.7. The summed E-state index contributed by atoms with van der Waals surface area (Å²) in [5.74, 6) is -1.46. The Kier molecular flexibility index (Phi) is 6.36. The molecule has 1 N–H and O–H groups in total. The first-order chi connectivity index (χ1) is 15.9. The van der Waals surface area contributed by atoms with Crippen LogP contribution in [-0.4, -0.2) is 22.2 Å². The third-order valence-electron chi connectivity index (χ3n) is 5.10. The van der Waals surface area contributed by atoms with Gasteiger partial charge < -0.3 is 10.1 Å². The third-order valence-corrected chi connectivity index (χ3v) is 6.00. The van der Waals surface area contributed by atoms with Gasteiger partial charge in [0.1, 0.15) is 28.6 Å². The highest BCUT2D eigenvalue weighted by Gasteiger charge is 2.17. The maximum Gasteiger partial charge on any atom is 0.332 e. The lowest BCUT2D eigenvalue weighted by Crippen LogP contribution is -2.42. The molecule has 4 aromatic rings. The predicted molar refractivity (Wildman–Crippen MR) is 121 cm³/mol. The Labute approximate surface area is 190 Å². The average molecular weight is 471 g/mol. The Bertz CT molecular complexity index is 1460. The van der Waals surface area contributed by atoms with Crippen molar-refractivity contribution < 1.29 is 18.3 Å². The van der Waals surface area contributed by atoms with Crippen molar-refractivity contribution in [1.82, 2.24) is 14.5 Å². The lowest BCUT2D eigenvalue weighted by Gasteiger charge is -2.13. The number of carbonyl (C=O) groups is 1. The van der Waals surface area contributed by atoms with Gasteiger partial charge in [-0.3, -0.25) is 18.7 Å². The molecule has 170 valence electrons. The summed E-state index contributed by atoms with van der Waals surface area (Å²) in [7, 11) is 1.52. The van der Waals surface area contributed by atoms with E-state index < -0.39 is 28.8 Å². The molecule has 0 saturated carbocycles. The maximum atomic E-state index is 13.8. The van der Waals surface area contributed by atoms with Gasteiger partial charge in [-0.1, -0.05) is 18.2 Å². The van der Waals surface area contributed by atoms with Crippen LogP contribution in [0.5, 0.6) is 5.75 Å². The molecule has 0 radical (unpaired) electrons. The number of nitrogens with one attached hydrogen (secondary N) is 1. The van der Waals surface area contributed by atoms with Gasteiger partial charge >= 0.3 is 5.69 Å². The van der Waals surface area contributed by atoms with E-state index in [0.29, 0.717) is 21.5 Å². The normalized spacial score (nSPS) is 11.0. The number of rotatable bonds is 7. The van der Waals surface area contributed by atoms with Gasteiger partial charge in [-0.25, -0.2) is 13.6 Å². The molecule has 4 rings (SSSR count). The monoisotopic (exact) mass is 471 g/mol. The van der Waals surface area contributed by atoms with E-state index in [4.69, 9.17) is 4.74 Å². The van der Waals surface area contributed by atoms with Crippen LogP contribution in [0.3, 0.4) is 0 Å². The molecule has 0 saturated heterocycles. The van der Waals surface area contributed by atoms with Gasteiger partial charge in [-0.15, -0.1) is 11.3 Å². The Morgan fingerprint density at radius 3 is 2.67 bits per heavy atom. The second-order valence-electron chi connectivity index (χ2n) is 7.26. The van der Waals surface area contributed by atoms with Crippen LogP contribution in [0.15, 0.2) is 63.5 Å². The molecule has 2 aromatic heterocycles. The number of hydrogen-bond acceptors (Lipinski definition) is 5. The van der Waals surface area contributed by atoms with Crippen molar-refractivity contribution in [3.8, 4) is 5.75 Å². The number of aromatic nitrogens is 2. The zero-order chi connectivity index (χ0) is 23.5. The van der Waals surface area contributed by atoms with Crippen LogP contribution in [0, 0.1) is 11.6 Å². The summed E-state index contributed by atoms with van der Waals surface area (Å²) >= 11 is 1.18. The van der Waals surface area contributed by atoms with Crippen LogP contribution in [-0.2, 0) is 24.4 Å². The van der Waals surface area contributed by atoms with Gasteiger partial charge in [0.2, 0.25) is 5.91 Å². The van der Waals surface area contributed by atoms with E-state index in [-0.39, 0.29) is 25.2 Å². The lowest BCUT2D eigenvalue weighted by molar-refractivity contribution is -0.121. The van der Waals surface area contributed by atoms with Crippen molar-refractivity contribution in [3.05, 3.63) is 97.5 Å². The molecule has 33 heavy (non-hydrogen) atoms. The fourth-order valence-electron chi connectivity index (χ4n) is 3.44. The summed E-state index contributed by atoms with van der Waals surface area (Å²) in [5, 5.41) is 4.20. The molecule has 10 heteroatoms. The Morgan fingerprint density at radius 2 is 1.91 bits per heavy atom. The van der Waals surface area contributed by atoms with Gasteiger partial charge in [0.05, 0.1) is 19.2 Å². The van der Waals surface area contributed by atoms with Gasteiger partial charge in [0, 0.05) is 18.2 Å². The molecular formula is C23H19F2N3O4S. The maximum absolute atomic E-state index is 13.8. The first-order valence-corrected chi connectivity index (χ1v) is 10.8. The van der Waals surface area contributed by atoms with Crippen molar-refractivity contribution in [2.75, 3.05) is 7.11 Å². The summed E-state index contributed by atoms with van der Waals surface area (Å²) in [5.41, 5.74) is 0.0581. The topological polar surface area (TPSA) is 82.3 Å². The summed E-state index contributed by atoms with van der Waals surface area (Å²) in [6.07, 6.45) is 0. The van der Waals surface area contributed by atoms with E-state index in [0.717, 1.165) is 16.7 Å². The Morgan fingerprint density at radius 1 is 1.09 bits per heavy atom. The number of amides is 1. The minimum atomic E-state index is -0.778. The highest BCUT2D eigenvalue weighted by molar-refractivity contribution is 7.17. The molecule has 2 aromatic carbocycles. The number of halogens is 2. The number of thiophene rings is 1. The smallest absolute Gasteiger partial charge is 0.332 e. The van der Waals surface area contributed by atoms with E-state index >= 15 is 0 Å². The van der Waals surface area contributed by atoms with Gasteiger partial charge in [-0.2, -0.15) is 0 Å². The van der Waals surface area contributed by atoms with Crippen LogP contribution < -0.4 is 21.3 Å². The van der Waals surface area contributed by atoms with Crippen LogP contribution in [0.25, 0.3) is 10.2 Å². The fourth-order valence-corrected chi connectivity index (χ4v) is 4.28. The highest BCUT2D eigenvalue weighted by Crippen LogP contribution is 2.17. The number of methoxy groups -OCH3 is 1. The van der Waals surface area contributed by atoms with Crippen molar-refractivity contribution in [3.63, 3.8) is 0 Å².